The molecule has 0 aliphatic carbocycles. The minimum Gasteiger partial charge on any atom is -0.465 e. The number of nitrogens with one attached hydrogen (secondary N) is 1. The van der Waals surface area contributed by atoms with Crippen LogP contribution >= 0.6 is 23.2 Å². The van der Waals surface area contributed by atoms with Gasteiger partial charge in [-0.05, 0) is 55.0 Å². The molecule has 1 heterocycles. The third-order valence-corrected chi connectivity index (χ3v) is 4.49. The van der Waals surface area contributed by atoms with Gasteiger partial charge in [-0.25, -0.2) is 4.79 Å². The molecule has 1 fully saturated rings. The van der Waals surface area contributed by atoms with Crippen LogP contribution in [0.3, 0.4) is 0 Å². The Kier molecular flexibility index (Phi) is 6.94. The Bertz CT molecular complexity index is 606. The van der Waals surface area contributed by atoms with E-state index >= 15 is 0 Å². The lowest BCUT2D eigenvalue weighted by Gasteiger charge is -2.31. The number of amides is 2. The van der Waals surface area contributed by atoms with Gasteiger partial charge in [-0.2, -0.15) is 0 Å². The van der Waals surface area contributed by atoms with Gasteiger partial charge >= 0.3 is 6.09 Å². The van der Waals surface area contributed by atoms with Gasteiger partial charge in [0.05, 0.1) is 0 Å². The fraction of sp³-hybridized carbons (Fsp3) is 0.412. The standard InChI is InChI=1S/C17H20Cl2N2O3/c18-14-9-13(10-15(19)11-14)1-2-16(22)21-7-4-12(5-8-21)3-6-20-17(23)24/h1-2,9-12,20H,3-8H2,(H,23,24). The van der Waals surface area contributed by atoms with Gasteiger partial charge in [-0.1, -0.05) is 23.2 Å². The third-order valence-electron chi connectivity index (χ3n) is 4.06. The normalized spacial score (nSPS) is 15.7. The molecule has 1 aromatic carbocycles. The van der Waals surface area contributed by atoms with E-state index in [1.165, 1.54) is 6.08 Å². The summed E-state index contributed by atoms with van der Waals surface area (Å²) in [6.45, 7) is 1.85. The summed E-state index contributed by atoms with van der Waals surface area (Å²) in [5.41, 5.74) is 0.787. The van der Waals surface area contributed by atoms with E-state index in [-0.39, 0.29) is 5.91 Å². The van der Waals surface area contributed by atoms with Crippen LogP contribution in [0.2, 0.25) is 10.0 Å². The van der Waals surface area contributed by atoms with Crippen LogP contribution < -0.4 is 5.32 Å². The van der Waals surface area contributed by atoms with Crippen molar-refractivity contribution in [3.8, 4) is 0 Å². The fourth-order valence-corrected chi connectivity index (χ4v) is 3.31. The van der Waals surface area contributed by atoms with E-state index in [0.29, 0.717) is 35.6 Å². The SMILES string of the molecule is O=C(O)NCCC1CCN(C(=O)C=Cc2cc(Cl)cc(Cl)c2)CC1. The Morgan fingerprint density at radius 1 is 1.21 bits per heavy atom. The molecule has 2 rings (SSSR count). The van der Waals surface area contributed by atoms with Crippen LogP contribution in [0.25, 0.3) is 6.08 Å². The van der Waals surface area contributed by atoms with Gasteiger partial charge < -0.3 is 15.3 Å². The molecular weight excluding hydrogens is 351 g/mol. The minimum absolute atomic E-state index is 0.0341. The van der Waals surface area contributed by atoms with Crippen molar-refractivity contribution in [2.75, 3.05) is 19.6 Å². The summed E-state index contributed by atoms with van der Waals surface area (Å²) in [5.74, 6) is 0.421. The van der Waals surface area contributed by atoms with E-state index in [1.54, 1.807) is 24.3 Å². The average molecular weight is 371 g/mol. The number of rotatable bonds is 5. The van der Waals surface area contributed by atoms with Crippen molar-refractivity contribution in [3.63, 3.8) is 0 Å². The van der Waals surface area contributed by atoms with Crippen LogP contribution in [0, 0.1) is 5.92 Å². The second-order valence-electron chi connectivity index (χ2n) is 5.83. The Hall–Kier alpha value is -1.72. The first-order chi connectivity index (χ1) is 11.4. The average Bonchev–Trinajstić information content (AvgIpc) is 2.52. The molecule has 2 N–H and O–H groups in total. The van der Waals surface area contributed by atoms with E-state index in [0.717, 1.165) is 24.8 Å². The lowest BCUT2D eigenvalue weighted by molar-refractivity contribution is -0.127. The number of hydrogen-bond donors (Lipinski definition) is 2. The number of carbonyl (C=O) groups excluding carboxylic acids is 1. The molecular formula is C17H20Cl2N2O3. The second-order valence-corrected chi connectivity index (χ2v) is 6.70. The number of carboxylic acid groups (broad SMARTS) is 1. The van der Waals surface area contributed by atoms with Gasteiger partial charge in [-0.15, -0.1) is 0 Å². The van der Waals surface area contributed by atoms with Crippen molar-refractivity contribution >= 4 is 41.3 Å². The van der Waals surface area contributed by atoms with Gasteiger partial charge in [0.25, 0.3) is 0 Å². The zero-order valence-electron chi connectivity index (χ0n) is 13.2. The zero-order valence-corrected chi connectivity index (χ0v) is 14.7. The maximum absolute atomic E-state index is 12.2. The topological polar surface area (TPSA) is 69.6 Å². The Balaban J connectivity index is 1.80. The summed E-state index contributed by atoms with van der Waals surface area (Å²) in [6.07, 6.45) is 4.85. The lowest BCUT2D eigenvalue weighted by Crippen LogP contribution is -2.38. The number of nitrogens with zero attached hydrogens (tertiary/aromatic N) is 1. The molecule has 0 atom stereocenters. The highest BCUT2D eigenvalue weighted by Gasteiger charge is 2.21. The highest BCUT2D eigenvalue weighted by molar-refractivity contribution is 6.34. The number of piperidine rings is 1. The molecule has 0 saturated carbocycles. The number of likely N-dealkylation sites (tertiary alicyclic amines) is 1. The van der Waals surface area contributed by atoms with E-state index in [9.17, 15) is 9.59 Å². The van der Waals surface area contributed by atoms with Crippen molar-refractivity contribution in [2.45, 2.75) is 19.3 Å². The zero-order chi connectivity index (χ0) is 17.5. The summed E-state index contributed by atoms with van der Waals surface area (Å²) >= 11 is 11.9. The largest absolute Gasteiger partial charge is 0.465 e. The molecule has 1 aliphatic rings. The monoisotopic (exact) mass is 370 g/mol. The molecule has 7 heteroatoms. The van der Waals surface area contributed by atoms with Crippen LogP contribution in [0.5, 0.6) is 0 Å². The van der Waals surface area contributed by atoms with Gasteiger partial charge in [0.15, 0.2) is 0 Å². The maximum Gasteiger partial charge on any atom is 0.404 e. The predicted octanol–water partition coefficient (Wildman–Crippen LogP) is 3.90. The Morgan fingerprint density at radius 2 is 1.83 bits per heavy atom. The lowest BCUT2D eigenvalue weighted by atomic mass is 9.93. The predicted molar refractivity (Wildman–Crippen MR) is 95.4 cm³/mol. The Labute approximate surface area is 151 Å². The summed E-state index contributed by atoms with van der Waals surface area (Å²) in [6, 6.07) is 5.14. The molecule has 0 bridgehead atoms. The highest BCUT2D eigenvalue weighted by Crippen LogP contribution is 2.22. The second kappa shape index (κ2) is 8.94. The molecule has 0 aromatic heterocycles. The number of halogens is 2. The first-order valence-electron chi connectivity index (χ1n) is 7.84. The van der Waals surface area contributed by atoms with Crippen LogP contribution in [0.1, 0.15) is 24.8 Å². The van der Waals surface area contributed by atoms with E-state index in [1.807, 2.05) is 4.90 Å². The molecule has 1 saturated heterocycles. The summed E-state index contributed by atoms with van der Waals surface area (Å²) in [7, 11) is 0. The third kappa shape index (κ3) is 6.06. The molecule has 2 amide bonds. The molecule has 0 radical (unpaired) electrons. The van der Waals surface area contributed by atoms with Crippen LogP contribution in [0.15, 0.2) is 24.3 Å². The summed E-state index contributed by atoms with van der Waals surface area (Å²) in [4.78, 5) is 24.5. The van der Waals surface area contributed by atoms with Gasteiger partial charge in [0.1, 0.15) is 0 Å². The summed E-state index contributed by atoms with van der Waals surface area (Å²) in [5, 5.41) is 12.0. The van der Waals surface area contributed by atoms with Gasteiger partial charge in [0, 0.05) is 35.8 Å². The van der Waals surface area contributed by atoms with E-state index in [2.05, 4.69) is 5.32 Å². The molecule has 0 unspecified atom stereocenters. The van der Waals surface area contributed by atoms with Crippen LogP contribution in [0.4, 0.5) is 4.79 Å². The first-order valence-corrected chi connectivity index (χ1v) is 8.59. The van der Waals surface area contributed by atoms with Crippen molar-refractivity contribution in [2.24, 2.45) is 5.92 Å². The van der Waals surface area contributed by atoms with Crippen molar-refractivity contribution in [1.29, 1.82) is 0 Å². The minimum atomic E-state index is -0.992. The highest BCUT2D eigenvalue weighted by atomic mass is 35.5. The molecule has 1 aromatic rings. The van der Waals surface area contributed by atoms with Crippen LogP contribution in [-0.2, 0) is 4.79 Å². The molecule has 130 valence electrons. The smallest absolute Gasteiger partial charge is 0.404 e. The van der Waals surface area contributed by atoms with Gasteiger partial charge in [0.2, 0.25) is 5.91 Å². The van der Waals surface area contributed by atoms with E-state index in [4.69, 9.17) is 28.3 Å². The molecule has 24 heavy (non-hydrogen) atoms. The van der Waals surface area contributed by atoms with E-state index < -0.39 is 6.09 Å². The van der Waals surface area contributed by atoms with Crippen molar-refractivity contribution in [1.82, 2.24) is 10.2 Å². The van der Waals surface area contributed by atoms with Gasteiger partial charge in [-0.3, -0.25) is 4.79 Å². The fourth-order valence-electron chi connectivity index (χ4n) is 2.77. The first kappa shape index (κ1) is 18.6. The van der Waals surface area contributed by atoms with Crippen molar-refractivity contribution in [3.05, 3.63) is 39.9 Å². The number of carbonyl (C=O) groups is 2. The Morgan fingerprint density at radius 3 is 2.42 bits per heavy atom. The maximum atomic E-state index is 12.2. The number of hydrogen-bond acceptors (Lipinski definition) is 2. The molecule has 0 spiro atoms. The molecule has 1 aliphatic heterocycles. The summed E-state index contributed by atoms with van der Waals surface area (Å²) < 4.78 is 0. The quantitative estimate of drug-likeness (QED) is 0.772. The number of benzene rings is 1. The molecule has 5 nitrogen and oxygen atoms in total. The van der Waals surface area contributed by atoms with Crippen LogP contribution in [-0.4, -0.2) is 41.6 Å². The van der Waals surface area contributed by atoms with Crippen molar-refractivity contribution < 1.29 is 14.7 Å².